The number of amides is 1. The van der Waals surface area contributed by atoms with Crippen molar-refractivity contribution in [3.8, 4) is 5.69 Å². The Kier molecular flexibility index (Phi) is 5.82. The lowest BCUT2D eigenvalue weighted by Crippen LogP contribution is -2.39. The Bertz CT molecular complexity index is 1350. The second-order valence-corrected chi connectivity index (χ2v) is 9.55. The van der Waals surface area contributed by atoms with Crippen LogP contribution in [-0.2, 0) is 11.8 Å². The van der Waals surface area contributed by atoms with Crippen molar-refractivity contribution in [2.24, 2.45) is 7.05 Å². The van der Waals surface area contributed by atoms with Gasteiger partial charge >= 0.3 is 5.69 Å². The minimum atomic E-state index is -0.135. The first-order chi connectivity index (χ1) is 16.0. The van der Waals surface area contributed by atoms with E-state index in [1.807, 2.05) is 49.4 Å². The van der Waals surface area contributed by atoms with E-state index in [0.29, 0.717) is 11.7 Å². The predicted molar refractivity (Wildman–Crippen MR) is 130 cm³/mol. The van der Waals surface area contributed by atoms with Crippen molar-refractivity contribution in [2.75, 3.05) is 25.0 Å². The lowest BCUT2D eigenvalue weighted by Gasteiger charge is -2.30. The minimum absolute atomic E-state index is 0.0525. The van der Waals surface area contributed by atoms with Gasteiger partial charge in [-0.05, 0) is 62.7 Å². The number of piperidine rings is 1. The van der Waals surface area contributed by atoms with Crippen LogP contribution in [0.5, 0.6) is 0 Å². The van der Waals surface area contributed by atoms with E-state index in [1.165, 1.54) is 21.6 Å². The molecule has 1 saturated heterocycles. The van der Waals surface area contributed by atoms with Gasteiger partial charge in [0, 0.05) is 13.0 Å². The smallest absolute Gasteiger partial charge is 0.301 e. The van der Waals surface area contributed by atoms with Crippen LogP contribution in [0.1, 0.15) is 30.1 Å². The number of hydrogen-bond donors (Lipinski definition) is 1. The molecule has 0 unspecified atom stereocenters. The number of anilines is 1. The molecular weight excluding hydrogens is 436 g/mol. The molecule has 1 N–H and O–H groups in total. The second kappa shape index (κ2) is 8.92. The SMILES string of the molecule is Cc1ccc2nc(NC(=O)CN3CCC(c4nn(C)c(=O)n4-c4ccccc4)CC3)sc2c1. The van der Waals surface area contributed by atoms with Crippen molar-refractivity contribution in [1.29, 1.82) is 0 Å². The van der Waals surface area contributed by atoms with Gasteiger partial charge in [-0.3, -0.25) is 9.69 Å². The summed E-state index contributed by atoms with van der Waals surface area (Å²) < 4.78 is 4.19. The number of nitrogens with one attached hydrogen (secondary N) is 1. The summed E-state index contributed by atoms with van der Waals surface area (Å²) in [4.78, 5) is 32.0. The monoisotopic (exact) mass is 462 g/mol. The van der Waals surface area contributed by atoms with Crippen LogP contribution in [0, 0.1) is 6.92 Å². The molecule has 0 bridgehead atoms. The number of thiazole rings is 1. The molecular formula is C24H26N6O2S. The molecule has 8 nitrogen and oxygen atoms in total. The van der Waals surface area contributed by atoms with Gasteiger partial charge in [0.1, 0.15) is 5.82 Å². The second-order valence-electron chi connectivity index (χ2n) is 8.52. The highest BCUT2D eigenvalue weighted by Gasteiger charge is 2.27. The molecule has 1 fully saturated rings. The molecule has 170 valence electrons. The van der Waals surface area contributed by atoms with Gasteiger partial charge in [-0.2, -0.15) is 5.10 Å². The lowest BCUT2D eigenvalue weighted by molar-refractivity contribution is -0.117. The van der Waals surface area contributed by atoms with Gasteiger partial charge in [0.15, 0.2) is 5.13 Å². The Morgan fingerprint density at radius 3 is 2.67 bits per heavy atom. The maximum atomic E-state index is 12.7. The van der Waals surface area contributed by atoms with Gasteiger partial charge in [0.2, 0.25) is 5.91 Å². The first-order valence-corrected chi connectivity index (χ1v) is 11.9. The summed E-state index contributed by atoms with van der Waals surface area (Å²) in [5.74, 6) is 0.914. The average Bonchev–Trinajstić information content (AvgIpc) is 3.34. The average molecular weight is 463 g/mol. The number of para-hydroxylation sites is 1. The van der Waals surface area contributed by atoms with Crippen molar-refractivity contribution in [1.82, 2.24) is 24.2 Å². The van der Waals surface area contributed by atoms with Crippen LogP contribution in [0.2, 0.25) is 0 Å². The molecule has 33 heavy (non-hydrogen) atoms. The van der Waals surface area contributed by atoms with Gasteiger partial charge in [-0.15, -0.1) is 0 Å². The van der Waals surface area contributed by atoms with Crippen LogP contribution in [0.3, 0.4) is 0 Å². The molecule has 0 saturated carbocycles. The molecule has 2 aromatic heterocycles. The summed E-state index contributed by atoms with van der Waals surface area (Å²) in [6, 6.07) is 15.7. The molecule has 0 spiro atoms. The van der Waals surface area contributed by atoms with E-state index in [2.05, 4.69) is 26.4 Å². The quantitative estimate of drug-likeness (QED) is 0.492. The third-order valence-corrected chi connectivity index (χ3v) is 7.01. The number of carbonyl (C=O) groups is 1. The fourth-order valence-electron chi connectivity index (χ4n) is 4.36. The van der Waals surface area contributed by atoms with Crippen molar-refractivity contribution in [3.05, 3.63) is 70.4 Å². The molecule has 0 radical (unpaired) electrons. The number of nitrogens with zero attached hydrogens (tertiary/aromatic N) is 5. The summed E-state index contributed by atoms with van der Waals surface area (Å²) in [6.45, 7) is 3.92. The summed E-state index contributed by atoms with van der Waals surface area (Å²) in [6.07, 6.45) is 1.69. The van der Waals surface area contributed by atoms with E-state index in [-0.39, 0.29) is 17.5 Å². The third kappa shape index (κ3) is 4.46. The largest absolute Gasteiger partial charge is 0.350 e. The standard InChI is InChI=1S/C24H26N6O2S/c1-16-8-9-19-20(14-16)33-23(25-19)26-21(31)15-29-12-10-17(11-13-29)22-27-28(2)24(32)30(22)18-6-4-3-5-7-18/h3-9,14,17H,10-13,15H2,1-2H3,(H,25,26,31). The Balaban J connectivity index is 1.22. The summed E-state index contributed by atoms with van der Waals surface area (Å²) >= 11 is 1.50. The number of rotatable bonds is 5. The number of benzene rings is 2. The maximum Gasteiger partial charge on any atom is 0.350 e. The summed E-state index contributed by atoms with van der Waals surface area (Å²) in [5, 5.41) is 8.12. The van der Waals surface area contributed by atoms with Crippen molar-refractivity contribution in [3.63, 3.8) is 0 Å². The van der Waals surface area contributed by atoms with E-state index in [4.69, 9.17) is 0 Å². The Morgan fingerprint density at radius 2 is 1.91 bits per heavy atom. The van der Waals surface area contributed by atoms with Gasteiger partial charge in [-0.1, -0.05) is 35.6 Å². The van der Waals surface area contributed by atoms with Crippen molar-refractivity contribution >= 4 is 32.6 Å². The Morgan fingerprint density at radius 1 is 1.15 bits per heavy atom. The molecule has 3 heterocycles. The first-order valence-electron chi connectivity index (χ1n) is 11.1. The number of carbonyl (C=O) groups excluding carboxylic acids is 1. The first kappa shape index (κ1) is 21.5. The van der Waals surface area contributed by atoms with Crippen LogP contribution in [0.25, 0.3) is 15.9 Å². The van der Waals surface area contributed by atoms with Crippen LogP contribution < -0.4 is 11.0 Å². The summed E-state index contributed by atoms with van der Waals surface area (Å²) in [5.41, 5.74) is 2.78. The van der Waals surface area contributed by atoms with E-state index in [1.54, 1.807) is 11.6 Å². The highest BCUT2D eigenvalue weighted by molar-refractivity contribution is 7.22. The topological polar surface area (TPSA) is 85.1 Å². The molecule has 0 atom stereocenters. The molecule has 0 aliphatic carbocycles. The number of aromatic nitrogens is 4. The molecule has 1 amide bonds. The highest BCUT2D eigenvalue weighted by atomic mass is 32.1. The van der Waals surface area contributed by atoms with E-state index in [9.17, 15) is 9.59 Å². The number of fused-ring (bicyclic) bond motifs is 1. The van der Waals surface area contributed by atoms with E-state index < -0.39 is 0 Å². The van der Waals surface area contributed by atoms with E-state index in [0.717, 1.165) is 47.7 Å². The van der Waals surface area contributed by atoms with Gasteiger partial charge < -0.3 is 5.32 Å². The zero-order valence-electron chi connectivity index (χ0n) is 18.7. The zero-order valence-corrected chi connectivity index (χ0v) is 19.5. The maximum absolute atomic E-state index is 12.7. The molecule has 4 aromatic rings. The van der Waals surface area contributed by atoms with Gasteiger partial charge in [0.25, 0.3) is 0 Å². The third-order valence-electron chi connectivity index (χ3n) is 6.07. The fraction of sp³-hybridized carbons (Fsp3) is 0.333. The zero-order chi connectivity index (χ0) is 22.9. The summed E-state index contributed by atoms with van der Waals surface area (Å²) in [7, 11) is 1.69. The van der Waals surface area contributed by atoms with Crippen LogP contribution in [0.4, 0.5) is 5.13 Å². The van der Waals surface area contributed by atoms with Crippen LogP contribution in [0.15, 0.2) is 53.3 Å². The van der Waals surface area contributed by atoms with Crippen molar-refractivity contribution < 1.29 is 4.79 Å². The van der Waals surface area contributed by atoms with Crippen molar-refractivity contribution in [2.45, 2.75) is 25.7 Å². The molecule has 5 rings (SSSR count). The normalized spacial score (nSPS) is 15.2. The Labute approximate surface area is 195 Å². The van der Waals surface area contributed by atoms with Crippen LogP contribution in [-0.4, -0.2) is 49.8 Å². The van der Waals surface area contributed by atoms with E-state index >= 15 is 0 Å². The minimum Gasteiger partial charge on any atom is -0.301 e. The fourth-order valence-corrected chi connectivity index (χ4v) is 5.34. The number of likely N-dealkylation sites (tertiary alicyclic amines) is 1. The van der Waals surface area contributed by atoms with Gasteiger partial charge in [0.05, 0.1) is 22.4 Å². The predicted octanol–water partition coefficient (Wildman–Crippen LogP) is 3.31. The molecule has 1 aliphatic heterocycles. The highest BCUT2D eigenvalue weighted by Crippen LogP contribution is 2.28. The number of hydrogen-bond acceptors (Lipinski definition) is 6. The lowest BCUT2D eigenvalue weighted by atomic mass is 9.95. The van der Waals surface area contributed by atoms with Crippen LogP contribution >= 0.6 is 11.3 Å². The number of aryl methyl sites for hydroxylation is 2. The van der Waals surface area contributed by atoms with Gasteiger partial charge in [-0.25, -0.2) is 19.0 Å². The molecule has 9 heteroatoms. The Hall–Kier alpha value is -3.30. The molecule has 2 aromatic carbocycles. The molecule has 1 aliphatic rings.